The Morgan fingerprint density at radius 2 is 0.455 bits per heavy atom. The number of anilines is 6. The average molecular weight is 1850 g/mol. The molecule has 6 N–H and O–H groups in total. The maximum Gasteiger partial charge on any atom is 0.230 e. The molecule has 132 heavy (non-hydrogen) atoms. The lowest BCUT2D eigenvalue weighted by atomic mass is 9.78. The molecule has 0 bridgehead atoms. The average Bonchev–Trinajstić information content (AvgIpc) is 0.724. The number of hydrogen-bond donors (Lipinski definition) is 4. The number of unbranched alkanes of at least 4 members (excludes halogenated alkanes) is 6. The molecule has 0 aromatic carbocycles. The second kappa shape index (κ2) is 44.8. The van der Waals surface area contributed by atoms with E-state index in [1.807, 2.05) is 42.7 Å². The van der Waals surface area contributed by atoms with Crippen LogP contribution in [0.25, 0.3) is 0 Å². The zero-order chi connectivity index (χ0) is 98.1. The van der Waals surface area contributed by atoms with Gasteiger partial charge in [-0.25, -0.2) is 0 Å². The summed E-state index contributed by atoms with van der Waals surface area (Å²) in [7, 11) is 11.0. The fourth-order valence-electron chi connectivity index (χ4n) is 26.3. The van der Waals surface area contributed by atoms with Crippen LogP contribution in [-0.4, -0.2) is 286 Å². The first kappa shape index (κ1) is 111. The maximum atomic E-state index is 7.09. The Kier molecular flexibility index (Phi) is 37.6. The third kappa shape index (κ3) is 24.6. The highest BCUT2D eigenvalue weighted by atomic mass is 16.7. The van der Waals surface area contributed by atoms with E-state index in [0.717, 1.165) is 154 Å². The summed E-state index contributed by atoms with van der Waals surface area (Å²) in [6.07, 6.45) is 21.0. The Bertz CT molecular complexity index is 3580. The number of nitrogens with one attached hydrogen (secondary N) is 2. The first-order valence-electron chi connectivity index (χ1n) is 51.6. The Morgan fingerprint density at radius 1 is 0.280 bits per heavy atom. The number of piperidine rings is 6. The molecular formula is C101H193N25O6. The van der Waals surface area contributed by atoms with Crippen LogP contribution in [0.4, 0.5) is 35.7 Å². The minimum atomic E-state index is -1.81. The van der Waals surface area contributed by atoms with E-state index in [-0.39, 0.29) is 36.3 Å². The summed E-state index contributed by atoms with van der Waals surface area (Å²) in [5.41, 5.74) is 7.17. The van der Waals surface area contributed by atoms with Crippen LogP contribution < -0.4 is 51.5 Å². The van der Waals surface area contributed by atoms with Crippen LogP contribution in [0.2, 0.25) is 0 Å². The van der Waals surface area contributed by atoms with Crippen molar-refractivity contribution in [2.75, 3.05) is 138 Å². The number of rotatable bonds is 48. The van der Waals surface area contributed by atoms with Gasteiger partial charge in [-0.05, 0) is 321 Å². The molecule has 0 saturated carbocycles. The second-order valence-electron chi connectivity index (χ2n) is 47.5. The number of aromatic nitrogens is 9. The molecule has 1 unspecified atom stereocenters. The van der Waals surface area contributed by atoms with Crippen molar-refractivity contribution in [1.29, 1.82) is 0 Å². The van der Waals surface area contributed by atoms with Gasteiger partial charge in [-0.2, -0.15) is 75.2 Å². The van der Waals surface area contributed by atoms with Crippen molar-refractivity contribution in [3.8, 4) is 0 Å². The molecule has 31 nitrogen and oxygen atoms in total. The van der Waals surface area contributed by atoms with E-state index < -0.39 is 78.0 Å². The highest BCUT2D eigenvalue weighted by Gasteiger charge is 2.59. The van der Waals surface area contributed by atoms with Gasteiger partial charge in [-0.15, -0.1) is 0 Å². The predicted molar refractivity (Wildman–Crippen MR) is 540 cm³/mol. The van der Waals surface area contributed by atoms with Crippen molar-refractivity contribution in [3.05, 3.63) is 17.5 Å². The summed E-state index contributed by atoms with van der Waals surface area (Å²) < 4.78 is 0. The van der Waals surface area contributed by atoms with Crippen LogP contribution in [0.1, 0.15) is 398 Å². The zero-order valence-electron chi connectivity index (χ0n) is 90.5. The van der Waals surface area contributed by atoms with E-state index >= 15 is 0 Å². The van der Waals surface area contributed by atoms with Crippen LogP contribution in [-0.2, 0) is 34.6 Å². The third-order valence-electron chi connectivity index (χ3n) is 30.0. The van der Waals surface area contributed by atoms with Gasteiger partial charge in [0.1, 0.15) is 6.04 Å². The van der Waals surface area contributed by atoms with Gasteiger partial charge in [0.2, 0.25) is 35.7 Å². The molecule has 3 aromatic heterocycles. The monoisotopic (exact) mass is 1850 g/mol. The fraction of sp³-hybridized carbons (Fsp3) is 0.911. The van der Waals surface area contributed by atoms with Crippen molar-refractivity contribution in [1.82, 2.24) is 85.9 Å². The van der Waals surface area contributed by atoms with Crippen molar-refractivity contribution >= 4 is 35.7 Å². The van der Waals surface area contributed by atoms with Crippen LogP contribution in [0, 0.1) is 0 Å². The molecule has 0 spiro atoms. The minimum Gasteiger partial charge on any atom is -0.338 e. The van der Waals surface area contributed by atoms with E-state index in [1.54, 1.807) is 0 Å². The van der Waals surface area contributed by atoms with Crippen LogP contribution in [0.5, 0.6) is 0 Å². The molecule has 9 rings (SSSR count). The second-order valence-corrected chi connectivity index (χ2v) is 47.5. The maximum absolute atomic E-state index is 7.09. The summed E-state index contributed by atoms with van der Waals surface area (Å²) >= 11 is 0. The Labute approximate surface area is 801 Å². The SMILES string of the molecule is CCCCN(c1nc(C(NCCCN)C(NCCCN)(c2nc(N(CCCC)C3CC(C)(C)N(OC)C(C)(C)C3)nc(N(CCCC)C3CC(C)(C)N(OC)C(C)(C)C3)n2)c2nc(N(CCCC)C3CC(C)(C)N(OC)C(C)(C)C3)nc(N(CCCC)C3CC(C)(C)N(OC)C(C)(C)C3)n2)nc(N(CCCC)C2CC(C)(C)N(OC)C(C)(C)C2)n1)C1CC(C)(C)N(OC)C(C)(C)C1. The quantitative estimate of drug-likeness (QED) is 0.0382. The van der Waals surface area contributed by atoms with Crippen molar-refractivity contribution in [2.45, 2.75) is 489 Å². The number of nitrogens with two attached hydrogens (primary N) is 2. The Hall–Kier alpha value is -4.81. The molecule has 6 fully saturated rings. The molecule has 6 aliphatic rings. The van der Waals surface area contributed by atoms with Crippen molar-refractivity contribution in [2.24, 2.45) is 11.5 Å². The number of hydroxylamine groups is 12. The molecular weight excluding hydrogens is 1660 g/mol. The van der Waals surface area contributed by atoms with Crippen LogP contribution in [0.3, 0.4) is 0 Å². The van der Waals surface area contributed by atoms with Gasteiger partial charge in [0.05, 0.1) is 42.7 Å². The van der Waals surface area contributed by atoms with E-state index in [0.29, 0.717) is 131 Å². The summed E-state index contributed by atoms with van der Waals surface area (Å²) in [6.45, 7) is 75.1. The molecule has 758 valence electrons. The topological polar surface area (TPSA) is 286 Å². The summed E-state index contributed by atoms with van der Waals surface area (Å²) in [4.78, 5) is 112. The number of nitrogens with zero attached hydrogens (tertiary/aromatic N) is 21. The molecule has 3 aromatic rings. The Balaban J connectivity index is 1.64. The first-order valence-corrected chi connectivity index (χ1v) is 51.6. The highest BCUT2D eigenvalue weighted by Crippen LogP contribution is 2.52. The van der Waals surface area contributed by atoms with Gasteiger partial charge >= 0.3 is 0 Å². The van der Waals surface area contributed by atoms with Gasteiger partial charge in [-0.1, -0.05) is 80.1 Å². The molecule has 0 radical (unpaired) electrons. The van der Waals surface area contributed by atoms with Gasteiger partial charge in [0.15, 0.2) is 23.0 Å². The lowest BCUT2D eigenvalue weighted by Crippen LogP contribution is -2.64. The van der Waals surface area contributed by atoms with E-state index in [2.05, 4.69) is 278 Å². The van der Waals surface area contributed by atoms with E-state index in [9.17, 15) is 0 Å². The Morgan fingerprint density at radius 3 is 0.621 bits per heavy atom. The van der Waals surface area contributed by atoms with E-state index in [4.69, 9.17) is 85.3 Å². The van der Waals surface area contributed by atoms with Crippen LogP contribution >= 0.6 is 0 Å². The van der Waals surface area contributed by atoms with Gasteiger partial charge in [0.25, 0.3) is 0 Å². The fourth-order valence-corrected chi connectivity index (χ4v) is 26.3. The number of hydrogen-bond acceptors (Lipinski definition) is 31. The molecule has 0 aliphatic carbocycles. The summed E-state index contributed by atoms with van der Waals surface area (Å²) in [6, 6.07) is -1.50. The van der Waals surface area contributed by atoms with Crippen molar-refractivity contribution in [3.63, 3.8) is 0 Å². The lowest BCUT2D eigenvalue weighted by Gasteiger charge is -2.55. The summed E-state index contributed by atoms with van der Waals surface area (Å²) in [5.74, 6) is 4.83. The summed E-state index contributed by atoms with van der Waals surface area (Å²) in [5, 5.41) is 22.3. The molecule has 0 amide bonds. The zero-order valence-corrected chi connectivity index (χ0v) is 90.5. The van der Waals surface area contributed by atoms with Gasteiger partial charge in [0, 0.05) is 142 Å². The molecule has 1 atom stereocenters. The predicted octanol–water partition coefficient (Wildman–Crippen LogP) is 17.2. The van der Waals surface area contributed by atoms with Crippen LogP contribution in [0.15, 0.2) is 0 Å². The standard InChI is InChI=1S/C101H193N25O6/c1-37-43-55-115(73-61-89(7,8)121(127-31)90(9,10)62-73)83-106-80(107-84(112-83)116(56-44-38-2)74-63-91(11,12)122(128-32)92(13,14)64-74)79(104-53-49-51-102)101(105-54-50-52-103,81-108-85(117(57-45-39-3)75-65-93(15,16)123(129-33)94(17,18)66-75)113-86(109-81)118(58-46-40-4)76-67-95(19,20)124(130-34)96(21,22)68-76)82-110-87(119(59-47-41-5)77-69-97(23,24)125(131-35)98(25,26)70-77)114-88(111-82)120(60-48-42-6)78-71-99(27,28)126(132-36)100(29,30)72-78/h73-79,104-105H,37-72,102-103H2,1-36H3. The lowest BCUT2D eigenvalue weighted by molar-refractivity contribution is -0.266. The van der Waals surface area contributed by atoms with Crippen molar-refractivity contribution < 1.29 is 29.0 Å². The normalized spacial score (nSPS) is 23.0. The van der Waals surface area contributed by atoms with Gasteiger partial charge in [-0.3, -0.25) is 5.32 Å². The highest BCUT2D eigenvalue weighted by molar-refractivity contribution is 5.51. The molecule has 9 heterocycles. The third-order valence-corrected chi connectivity index (χ3v) is 30.0. The van der Waals surface area contributed by atoms with E-state index in [1.165, 1.54) is 0 Å². The first-order chi connectivity index (χ1) is 61.7. The molecule has 6 aliphatic heterocycles. The smallest absolute Gasteiger partial charge is 0.230 e. The minimum absolute atomic E-state index is 0.0550. The largest absolute Gasteiger partial charge is 0.338 e. The molecule has 31 heteroatoms. The van der Waals surface area contributed by atoms with Gasteiger partial charge < -0.3 is 75.2 Å². The molecule has 6 saturated heterocycles.